The third-order valence-electron chi connectivity index (χ3n) is 8.87. The number of allylic oxidation sites excluding steroid dienone is 4. The van der Waals surface area contributed by atoms with Crippen molar-refractivity contribution in [3.63, 3.8) is 0 Å². The molecule has 13 heteroatoms. The van der Waals surface area contributed by atoms with Gasteiger partial charge in [-0.25, -0.2) is 0 Å². The second-order valence-corrected chi connectivity index (χ2v) is 10.8. The van der Waals surface area contributed by atoms with Gasteiger partial charge in [0.1, 0.15) is 12.3 Å². The fourth-order valence-electron chi connectivity index (χ4n) is 7.03. The molecular formula is C28H31N3O10. The molecule has 0 aromatic rings. The van der Waals surface area contributed by atoms with Crippen molar-refractivity contribution in [2.45, 2.75) is 63.7 Å². The Hall–Kier alpha value is -3.78. The van der Waals surface area contributed by atoms with Gasteiger partial charge in [0.15, 0.2) is 23.1 Å². The lowest BCUT2D eigenvalue weighted by Gasteiger charge is -2.61. The predicted octanol–water partition coefficient (Wildman–Crippen LogP) is -1.75. The molecule has 1 fully saturated rings. The highest BCUT2D eigenvalue weighted by Gasteiger charge is 2.61. The minimum Gasteiger partial charge on any atom is -0.492 e. The van der Waals surface area contributed by atoms with Gasteiger partial charge in [-0.2, -0.15) is 0 Å². The minimum atomic E-state index is -1.59. The molecule has 0 aromatic heterocycles. The number of amides is 1. The topological polar surface area (TPSA) is 180 Å². The first-order valence-corrected chi connectivity index (χ1v) is 13.1. The lowest BCUT2D eigenvalue weighted by Crippen LogP contribution is -2.77. The average Bonchev–Trinajstić information content (AvgIpc) is 2.92. The first-order chi connectivity index (χ1) is 19.3. The number of carbonyl (C=O) groups excluding carboxylic acids is 6. The monoisotopic (exact) mass is 569 g/mol. The molecule has 5 aliphatic rings. The highest BCUT2D eigenvalue weighted by atomic mass is 16.5. The van der Waals surface area contributed by atoms with Crippen LogP contribution in [0, 0.1) is 0 Å². The normalized spacial score (nSPS) is 32.2. The van der Waals surface area contributed by atoms with Gasteiger partial charge in [-0.05, 0) is 27.3 Å². The van der Waals surface area contributed by atoms with Crippen LogP contribution in [0.25, 0.3) is 0 Å². The Morgan fingerprint density at radius 3 is 2.02 bits per heavy atom. The van der Waals surface area contributed by atoms with Crippen LogP contribution in [0.5, 0.6) is 0 Å². The lowest BCUT2D eigenvalue weighted by atomic mass is 9.68. The van der Waals surface area contributed by atoms with Crippen LogP contribution in [0.1, 0.15) is 27.2 Å². The summed E-state index contributed by atoms with van der Waals surface area (Å²) in [6, 6.07) is -4.03. The molecule has 218 valence electrons. The molecule has 4 unspecified atom stereocenters. The summed E-state index contributed by atoms with van der Waals surface area (Å²) in [5.74, 6) is -4.33. The summed E-state index contributed by atoms with van der Waals surface area (Å²) < 4.78 is 10.5. The molecule has 3 aliphatic heterocycles. The molecule has 6 atom stereocenters. The van der Waals surface area contributed by atoms with Crippen molar-refractivity contribution in [1.29, 1.82) is 0 Å². The highest BCUT2D eigenvalue weighted by molar-refractivity contribution is 6.35. The second-order valence-electron chi connectivity index (χ2n) is 10.8. The zero-order valence-electron chi connectivity index (χ0n) is 23.4. The molecule has 3 heterocycles. The smallest absolute Gasteiger partial charge is 0.287 e. The number of nitrogens with one attached hydrogen (secondary N) is 1. The molecule has 3 N–H and O–H groups in total. The predicted molar refractivity (Wildman–Crippen MR) is 139 cm³/mol. The van der Waals surface area contributed by atoms with E-state index in [0.29, 0.717) is 0 Å². The summed E-state index contributed by atoms with van der Waals surface area (Å²) in [5, 5.41) is 25.7. The van der Waals surface area contributed by atoms with Gasteiger partial charge in [-0.15, -0.1) is 0 Å². The van der Waals surface area contributed by atoms with Gasteiger partial charge < -0.3 is 25.0 Å². The molecule has 0 aromatic carbocycles. The molecule has 1 amide bonds. The van der Waals surface area contributed by atoms with Crippen molar-refractivity contribution >= 4 is 34.8 Å². The summed E-state index contributed by atoms with van der Waals surface area (Å²) >= 11 is 0. The number of hydrogen-bond acceptors (Lipinski definition) is 12. The lowest BCUT2D eigenvalue weighted by molar-refractivity contribution is -0.181. The van der Waals surface area contributed by atoms with Crippen LogP contribution in [-0.4, -0.2) is 119 Å². The Kier molecular flexibility index (Phi) is 6.97. The van der Waals surface area contributed by atoms with Crippen LogP contribution in [0.2, 0.25) is 0 Å². The number of Topliss-reactive ketones (excluding diaryl/α,β-unsaturated/α-hetero) is 5. The number of nitrogens with zero attached hydrogens (tertiary/aromatic N) is 2. The first-order valence-electron chi connectivity index (χ1n) is 13.1. The third kappa shape index (κ3) is 3.83. The van der Waals surface area contributed by atoms with Crippen molar-refractivity contribution in [3.05, 3.63) is 45.0 Å². The molecule has 13 nitrogen and oxygen atoms in total. The Morgan fingerprint density at radius 2 is 1.46 bits per heavy atom. The Morgan fingerprint density at radius 1 is 0.902 bits per heavy atom. The molecule has 0 saturated carbocycles. The van der Waals surface area contributed by atoms with Crippen molar-refractivity contribution in [3.8, 4) is 0 Å². The van der Waals surface area contributed by atoms with Crippen molar-refractivity contribution in [1.82, 2.24) is 15.1 Å². The quantitative estimate of drug-likeness (QED) is 0.251. The number of methoxy groups -OCH3 is 2. The van der Waals surface area contributed by atoms with E-state index in [4.69, 9.17) is 9.47 Å². The Balaban J connectivity index is 1.71. The maximum Gasteiger partial charge on any atom is 0.287 e. The number of aliphatic hydroxyl groups is 2. The Bertz CT molecular complexity index is 1470. The summed E-state index contributed by atoms with van der Waals surface area (Å²) in [5.41, 5.74) is 0.0794. The van der Waals surface area contributed by atoms with E-state index in [0.717, 1.165) is 6.92 Å². The van der Waals surface area contributed by atoms with Crippen LogP contribution >= 0.6 is 0 Å². The van der Waals surface area contributed by atoms with E-state index in [2.05, 4.69) is 5.32 Å². The van der Waals surface area contributed by atoms with Crippen molar-refractivity contribution in [2.75, 3.05) is 27.8 Å². The summed E-state index contributed by atoms with van der Waals surface area (Å²) in [7, 11) is 4.11. The largest absolute Gasteiger partial charge is 0.492 e. The van der Waals surface area contributed by atoms with E-state index in [9.17, 15) is 39.0 Å². The number of likely N-dealkylation sites (N-methyl/N-ethyl adjacent to an activating group) is 1. The second kappa shape index (κ2) is 9.94. The first kappa shape index (κ1) is 28.7. The van der Waals surface area contributed by atoms with E-state index in [1.165, 1.54) is 33.0 Å². The van der Waals surface area contributed by atoms with Crippen LogP contribution in [0.3, 0.4) is 0 Å². The van der Waals surface area contributed by atoms with Crippen molar-refractivity contribution < 1.29 is 48.5 Å². The number of aliphatic hydroxyl groups excluding tert-OH is 2. The van der Waals surface area contributed by atoms with Gasteiger partial charge in [-0.1, -0.05) is 0 Å². The van der Waals surface area contributed by atoms with Crippen molar-refractivity contribution in [2.24, 2.45) is 0 Å². The van der Waals surface area contributed by atoms with Crippen LogP contribution in [-0.2, 0) is 38.2 Å². The summed E-state index contributed by atoms with van der Waals surface area (Å²) in [4.78, 5) is 81.4. The van der Waals surface area contributed by atoms with Gasteiger partial charge in [0, 0.05) is 52.9 Å². The van der Waals surface area contributed by atoms with Gasteiger partial charge in [0.05, 0.1) is 32.3 Å². The Labute approximate surface area is 235 Å². The number of ether oxygens (including phenoxy) is 2. The van der Waals surface area contributed by atoms with E-state index in [1.54, 1.807) is 11.9 Å². The zero-order chi connectivity index (χ0) is 30.2. The number of rotatable bonds is 5. The average molecular weight is 570 g/mol. The highest BCUT2D eigenvalue weighted by Crippen LogP contribution is 2.48. The summed E-state index contributed by atoms with van der Waals surface area (Å²) in [6.45, 7) is 3.61. The fraction of sp³-hybridized carbons (Fsp3) is 0.500. The van der Waals surface area contributed by atoms with Gasteiger partial charge in [0.25, 0.3) is 5.91 Å². The maximum atomic E-state index is 13.7. The maximum absolute atomic E-state index is 13.7. The van der Waals surface area contributed by atoms with E-state index in [1.807, 2.05) is 0 Å². The van der Waals surface area contributed by atoms with Crippen LogP contribution < -0.4 is 5.32 Å². The summed E-state index contributed by atoms with van der Waals surface area (Å²) in [6.07, 6.45) is -3.20. The zero-order valence-corrected chi connectivity index (χ0v) is 23.4. The standard InChI is InChI=1S/C28H31N3O10/c1-9-20(33)12-7-13-18-16-17(21(34)10(2)26(41-6)24(16)37)22(35)19(30(18)4)28(39)31(13)14(8-29-27(38)11(3)32)15(12)23(36)25(9)40-5/h13-14,18-19,22,28,35,39H,7-8H2,1-6H3,(H,29,38)/t13?,14?,18?,19?,22-,28+/m1/s1. The van der Waals surface area contributed by atoms with Gasteiger partial charge in [-0.3, -0.25) is 38.6 Å². The molecule has 1 saturated heterocycles. The molecule has 2 aliphatic carbocycles. The number of hydrogen-bond donors (Lipinski definition) is 3. The van der Waals surface area contributed by atoms with Crippen LogP contribution in [0.15, 0.2) is 45.0 Å². The number of piperazine rings is 1. The van der Waals surface area contributed by atoms with E-state index < -0.39 is 71.3 Å². The fourth-order valence-corrected chi connectivity index (χ4v) is 7.03. The minimum absolute atomic E-state index is 0.0118. The van der Waals surface area contributed by atoms with E-state index in [-0.39, 0.29) is 57.9 Å². The number of ketones is 5. The van der Waals surface area contributed by atoms with E-state index >= 15 is 0 Å². The molecular weight excluding hydrogens is 538 g/mol. The molecule has 5 rings (SSSR count). The SMILES string of the molecule is COC1=C(C)C(=O)C2=C(C1=O)C1C3CC4=C(C(=O)C(OC)=C(C)C4=O)C(CNC(=O)C(C)=O)N3[C@@H](O)C([C@@H]2O)N1C. The number of carbonyl (C=O) groups is 6. The van der Waals surface area contributed by atoms with Gasteiger partial charge >= 0.3 is 0 Å². The molecule has 2 bridgehead atoms. The van der Waals surface area contributed by atoms with Crippen LogP contribution in [0.4, 0.5) is 0 Å². The number of fused-ring (bicyclic) bond motifs is 5. The van der Waals surface area contributed by atoms with Gasteiger partial charge in [0.2, 0.25) is 17.3 Å². The molecule has 0 spiro atoms. The third-order valence-corrected chi connectivity index (χ3v) is 8.87. The molecule has 41 heavy (non-hydrogen) atoms. The molecule has 0 radical (unpaired) electrons.